The molecule has 2 atom stereocenters. The fraction of sp³-hybridized carbons (Fsp3) is 0.444. The third kappa shape index (κ3) is 3.12. The molecule has 1 aromatic heterocycles. The van der Waals surface area contributed by atoms with Crippen LogP contribution in [0.2, 0.25) is 0 Å². The standard InChI is InChI=1S/C18H22N2O2/c1-12-7-8-14(16-6-3-9-19-17(12)16)11-20-18(22)13-4-2-5-15(21)10-13/h3,6-9,13,15,21H,2,4-5,10-11H2,1H3,(H,20,22)/t13-,15+/m0/s1. The maximum absolute atomic E-state index is 12.3. The highest BCUT2D eigenvalue weighted by molar-refractivity contribution is 5.85. The molecule has 1 aliphatic rings. The van der Waals surface area contributed by atoms with Crippen LogP contribution in [0.5, 0.6) is 0 Å². The van der Waals surface area contributed by atoms with E-state index in [-0.39, 0.29) is 17.9 Å². The van der Waals surface area contributed by atoms with E-state index in [0.29, 0.717) is 13.0 Å². The van der Waals surface area contributed by atoms with Crippen LogP contribution in [-0.4, -0.2) is 22.1 Å². The first-order chi connectivity index (χ1) is 10.6. The van der Waals surface area contributed by atoms with E-state index in [0.717, 1.165) is 41.3 Å². The van der Waals surface area contributed by atoms with Crippen molar-refractivity contribution in [3.8, 4) is 0 Å². The van der Waals surface area contributed by atoms with Crippen molar-refractivity contribution in [2.45, 2.75) is 45.3 Å². The topological polar surface area (TPSA) is 62.2 Å². The minimum absolute atomic E-state index is 0.0522. The van der Waals surface area contributed by atoms with Crippen LogP contribution < -0.4 is 5.32 Å². The van der Waals surface area contributed by atoms with Gasteiger partial charge in [0.2, 0.25) is 5.91 Å². The number of aromatic nitrogens is 1. The summed E-state index contributed by atoms with van der Waals surface area (Å²) in [4.78, 5) is 16.7. The van der Waals surface area contributed by atoms with Crippen LogP contribution in [0.3, 0.4) is 0 Å². The van der Waals surface area contributed by atoms with Crippen molar-refractivity contribution in [2.24, 2.45) is 5.92 Å². The molecule has 116 valence electrons. The number of nitrogens with zero attached hydrogens (tertiary/aromatic N) is 1. The summed E-state index contributed by atoms with van der Waals surface area (Å²) < 4.78 is 0. The van der Waals surface area contributed by atoms with Crippen LogP contribution >= 0.6 is 0 Å². The van der Waals surface area contributed by atoms with Crippen molar-refractivity contribution in [3.63, 3.8) is 0 Å². The van der Waals surface area contributed by atoms with Crippen LogP contribution in [0.15, 0.2) is 30.5 Å². The molecule has 1 aromatic carbocycles. The van der Waals surface area contributed by atoms with Crippen LogP contribution in [0.1, 0.15) is 36.8 Å². The highest BCUT2D eigenvalue weighted by atomic mass is 16.3. The summed E-state index contributed by atoms with van der Waals surface area (Å²) in [6, 6.07) is 8.06. The zero-order valence-electron chi connectivity index (χ0n) is 12.9. The van der Waals surface area contributed by atoms with E-state index in [9.17, 15) is 9.90 Å². The molecular formula is C18H22N2O2. The first-order valence-electron chi connectivity index (χ1n) is 7.94. The Hall–Kier alpha value is -1.94. The van der Waals surface area contributed by atoms with Crippen molar-refractivity contribution in [3.05, 3.63) is 41.6 Å². The van der Waals surface area contributed by atoms with E-state index in [2.05, 4.69) is 16.4 Å². The number of rotatable bonds is 3. The quantitative estimate of drug-likeness (QED) is 0.916. The second kappa shape index (κ2) is 6.44. The number of carbonyl (C=O) groups excluding carboxylic acids is 1. The molecule has 1 aliphatic carbocycles. The third-order valence-electron chi connectivity index (χ3n) is 4.53. The molecule has 1 fully saturated rings. The lowest BCUT2D eigenvalue weighted by molar-refractivity contribution is -0.127. The summed E-state index contributed by atoms with van der Waals surface area (Å²) in [7, 11) is 0. The van der Waals surface area contributed by atoms with Gasteiger partial charge in [-0.05, 0) is 43.4 Å². The molecule has 0 bridgehead atoms. The SMILES string of the molecule is Cc1ccc(CNC(=O)[C@H]2CCC[C@@H](O)C2)c2cccnc12. The van der Waals surface area contributed by atoms with Crippen molar-refractivity contribution in [1.82, 2.24) is 10.3 Å². The van der Waals surface area contributed by atoms with E-state index in [1.54, 1.807) is 6.20 Å². The molecule has 0 radical (unpaired) electrons. The van der Waals surface area contributed by atoms with Crippen LogP contribution in [0.4, 0.5) is 0 Å². The summed E-state index contributed by atoms with van der Waals surface area (Å²) in [6.07, 6.45) is 4.67. The number of hydrogen-bond donors (Lipinski definition) is 2. The number of amides is 1. The molecule has 1 amide bonds. The van der Waals surface area contributed by atoms with Gasteiger partial charge in [-0.1, -0.05) is 24.6 Å². The van der Waals surface area contributed by atoms with Gasteiger partial charge in [-0.2, -0.15) is 0 Å². The minimum atomic E-state index is -0.325. The molecule has 2 aromatic rings. The molecule has 1 saturated carbocycles. The second-order valence-electron chi connectivity index (χ2n) is 6.18. The Morgan fingerprint density at radius 1 is 1.36 bits per heavy atom. The normalized spacial score (nSPS) is 21.7. The lowest BCUT2D eigenvalue weighted by Gasteiger charge is -2.25. The molecule has 1 heterocycles. The van der Waals surface area contributed by atoms with Crippen molar-refractivity contribution < 1.29 is 9.90 Å². The third-order valence-corrected chi connectivity index (χ3v) is 4.53. The van der Waals surface area contributed by atoms with Crippen molar-refractivity contribution in [2.75, 3.05) is 0 Å². The van der Waals surface area contributed by atoms with E-state index in [4.69, 9.17) is 0 Å². The van der Waals surface area contributed by atoms with Crippen LogP contribution in [0, 0.1) is 12.8 Å². The Bertz CT molecular complexity index is 684. The zero-order chi connectivity index (χ0) is 15.5. The van der Waals surface area contributed by atoms with Gasteiger partial charge in [-0.3, -0.25) is 9.78 Å². The van der Waals surface area contributed by atoms with Crippen LogP contribution in [0.25, 0.3) is 10.9 Å². The molecule has 3 rings (SSSR count). The molecular weight excluding hydrogens is 276 g/mol. The molecule has 0 aliphatic heterocycles. The predicted molar refractivity (Wildman–Crippen MR) is 86.3 cm³/mol. The van der Waals surface area contributed by atoms with Gasteiger partial charge in [0.15, 0.2) is 0 Å². The predicted octanol–water partition coefficient (Wildman–Crippen LogP) is 2.71. The molecule has 0 saturated heterocycles. The van der Waals surface area contributed by atoms with Gasteiger partial charge in [-0.15, -0.1) is 0 Å². The maximum atomic E-state index is 12.3. The summed E-state index contributed by atoms with van der Waals surface area (Å²) in [5.41, 5.74) is 3.21. The minimum Gasteiger partial charge on any atom is -0.393 e. The molecule has 0 spiro atoms. The van der Waals surface area contributed by atoms with Crippen molar-refractivity contribution >= 4 is 16.8 Å². The van der Waals surface area contributed by atoms with Crippen LogP contribution in [-0.2, 0) is 11.3 Å². The Labute approximate surface area is 130 Å². The van der Waals surface area contributed by atoms with E-state index >= 15 is 0 Å². The largest absolute Gasteiger partial charge is 0.393 e. The first-order valence-corrected chi connectivity index (χ1v) is 7.94. The zero-order valence-corrected chi connectivity index (χ0v) is 12.9. The smallest absolute Gasteiger partial charge is 0.223 e. The maximum Gasteiger partial charge on any atom is 0.223 e. The first kappa shape index (κ1) is 15.0. The second-order valence-corrected chi connectivity index (χ2v) is 6.18. The number of aliphatic hydroxyl groups excluding tert-OH is 1. The van der Waals surface area contributed by atoms with Gasteiger partial charge in [0, 0.05) is 24.0 Å². The summed E-state index contributed by atoms with van der Waals surface area (Å²) >= 11 is 0. The van der Waals surface area contributed by atoms with Gasteiger partial charge in [0.1, 0.15) is 0 Å². The molecule has 0 unspecified atom stereocenters. The Morgan fingerprint density at radius 2 is 2.23 bits per heavy atom. The Kier molecular flexibility index (Phi) is 4.39. The average Bonchev–Trinajstić information content (AvgIpc) is 2.54. The summed E-state index contributed by atoms with van der Waals surface area (Å²) in [5.74, 6) is -0.00467. The number of nitrogens with one attached hydrogen (secondary N) is 1. The monoisotopic (exact) mass is 298 g/mol. The summed E-state index contributed by atoms with van der Waals surface area (Å²) in [5, 5.41) is 13.8. The number of aryl methyl sites for hydroxylation is 1. The molecule has 4 heteroatoms. The lowest BCUT2D eigenvalue weighted by atomic mass is 9.86. The Morgan fingerprint density at radius 3 is 3.05 bits per heavy atom. The van der Waals surface area contributed by atoms with Gasteiger partial charge < -0.3 is 10.4 Å². The lowest BCUT2D eigenvalue weighted by Crippen LogP contribution is -2.34. The highest BCUT2D eigenvalue weighted by Gasteiger charge is 2.25. The van der Waals surface area contributed by atoms with Gasteiger partial charge in [-0.25, -0.2) is 0 Å². The molecule has 22 heavy (non-hydrogen) atoms. The molecule has 4 nitrogen and oxygen atoms in total. The number of benzene rings is 1. The van der Waals surface area contributed by atoms with Gasteiger partial charge in [0.05, 0.1) is 11.6 Å². The number of hydrogen-bond acceptors (Lipinski definition) is 3. The number of pyridine rings is 1. The number of fused-ring (bicyclic) bond motifs is 1. The van der Waals surface area contributed by atoms with Gasteiger partial charge >= 0.3 is 0 Å². The fourth-order valence-electron chi connectivity index (χ4n) is 3.26. The summed E-state index contributed by atoms with van der Waals surface area (Å²) in [6.45, 7) is 2.55. The highest BCUT2D eigenvalue weighted by Crippen LogP contribution is 2.25. The van der Waals surface area contributed by atoms with E-state index in [1.807, 2.05) is 25.1 Å². The number of carbonyl (C=O) groups is 1. The number of aliphatic hydroxyl groups is 1. The van der Waals surface area contributed by atoms with Crippen molar-refractivity contribution in [1.29, 1.82) is 0 Å². The fourth-order valence-corrected chi connectivity index (χ4v) is 3.26. The average molecular weight is 298 g/mol. The van der Waals surface area contributed by atoms with Gasteiger partial charge in [0.25, 0.3) is 0 Å². The van der Waals surface area contributed by atoms with E-state index < -0.39 is 0 Å². The molecule has 2 N–H and O–H groups in total. The van der Waals surface area contributed by atoms with E-state index in [1.165, 1.54) is 0 Å². The Balaban J connectivity index is 1.71.